The molecule has 1 amide bonds. The van der Waals surface area contributed by atoms with E-state index in [-0.39, 0.29) is 16.6 Å². The van der Waals surface area contributed by atoms with E-state index in [9.17, 15) is 4.79 Å². The van der Waals surface area contributed by atoms with Crippen LogP contribution < -0.4 is 5.32 Å². The third-order valence-corrected chi connectivity index (χ3v) is 2.84. The van der Waals surface area contributed by atoms with Gasteiger partial charge in [0.1, 0.15) is 10.7 Å². The van der Waals surface area contributed by atoms with Crippen LogP contribution in [0.25, 0.3) is 0 Å². The predicted molar refractivity (Wildman–Crippen MR) is 96.0 cm³/mol. The number of halogens is 1. The lowest BCUT2D eigenvalue weighted by molar-refractivity contribution is -0.126. The highest BCUT2D eigenvalue weighted by Crippen LogP contribution is 1.98. The summed E-state index contributed by atoms with van der Waals surface area (Å²) in [4.78, 5) is 11.3. The van der Waals surface area contributed by atoms with Crippen LogP contribution in [-0.2, 0) is 28.5 Å². The van der Waals surface area contributed by atoms with Crippen LogP contribution in [0.4, 0.5) is 0 Å². The monoisotopic (exact) mass is 447 g/mol. The Bertz CT molecular complexity index is 268. The van der Waals surface area contributed by atoms with E-state index < -0.39 is 0 Å². The molecule has 8 heteroatoms. The van der Waals surface area contributed by atoms with Gasteiger partial charge >= 0.3 is 0 Å². The fourth-order valence-corrected chi connectivity index (χ4v) is 1.59. The molecule has 0 aliphatic heterocycles. The van der Waals surface area contributed by atoms with E-state index in [1.807, 2.05) is 6.92 Å². The van der Waals surface area contributed by atoms with E-state index in [0.717, 1.165) is 13.0 Å². The van der Waals surface area contributed by atoms with Gasteiger partial charge in [-0.25, -0.2) is 0 Å². The fourth-order valence-electron chi connectivity index (χ4n) is 1.41. The molecule has 0 bridgehead atoms. The van der Waals surface area contributed by atoms with E-state index >= 15 is 0 Å². The molecule has 0 rings (SSSR count). The van der Waals surface area contributed by atoms with Gasteiger partial charge in [0, 0.05) is 13.2 Å². The molecule has 0 heterocycles. The maximum absolute atomic E-state index is 11.3. The summed E-state index contributed by atoms with van der Waals surface area (Å²) < 4.78 is 26.5. The summed E-state index contributed by atoms with van der Waals surface area (Å²) in [6.45, 7) is 9.08. The number of hydrogen-bond donors (Lipinski definition) is 1. The third kappa shape index (κ3) is 20.0. The average Bonchev–Trinajstić information content (AvgIpc) is 2.53. The quantitative estimate of drug-likeness (QED) is 0.206. The van der Waals surface area contributed by atoms with Gasteiger partial charge in [-0.15, -0.1) is 0 Å². The van der Waals surface area contributed by atoms with Crippen molar-refractivity contribution in [2.75, 3.05) is 66.0 Å². The first-order valence-corrected chi connectivity index (χ1v) is 9.24. The van der Waals surface area contributed by atoms with Crippen molar-refractivity contribution in [3.8, 4) is 0 Å². The smallest absolute Gasteiger partial charge is 0.246 e. The highest BCUT2D eigenvalue weighted by molar-refractivity contribution is 14.1. The van der Waals surface area contributed by atoms with Crippen molar-refractivity contribution in [3.63, 3.8) is 0 Å². The molecule has 0 aliphatic rings. The molecular weight excluding hydrogens is 417 g/mol. The molecule has 0 radical (unpaired) electrons. The lowest BCUT2D eigenvalue weighted by atomic mass is 10.5. The van der Waals surface area contributed by atoms with Crippen LogP contribution in [0.15, 0.2) is 0 Å². The number of carbonyl (C=O) groups excluding carboxylic acids is 1. The highest BCUT2D eigenvalue weighted by atomic mass is 127. The van der Waals surface area contributed by atoms with Crippen molar-refractivity contribution in [2.45, 2.75) is 24.4 Å². The van der Waals surface area contributed by atoms with Gasteiger partial charge in [0.25, 0.3) is 0 Å². The Balaban J connectivity index is 3.09. The van der Waals surface area contributed by atoms with Crippen molar-refractivity contribution in [2.24, 2.45) is 0 Å². The lowest BCUT2D eigenvalue weighted by Gasteiger charge is -2.09. The first kappa shape index (κ1) is 23.0. The molecule has 0 fully saturated rings. The predicted octanol–water partition coefficient (Wildman–Crippen LogP) is 1.38. The largest absolute Gasteiger partial charge is 0.379 e. The van der Waals surface area contributed by atoms with Crippen molar-refractivity contribution in [3.05, 3.63) is 0 Å². The number of amides is 1. The second-order valence-electron chi connectivity index (χ2n) is 4.65. The Morgan fingerprint density at radius 1 is 0.913 bits per heavy atom. The van der Waals surface area contributed by atoms with Crippen molar-refractivity contribution in [1.82, 2.24) is 5.32 Å². The molecule has 23 heavy (non-hydrogen) atoms. The van der Waals surface area contributed by atoms with Crippen molar-refractivity contribution < 1.29 is 28.5 Å². The maximum Gasteiger partial charge on any atom is 0.246 e. The molecule has 1 unspecified atom stereocenters. The zero-order valence-electron chi connectivity index (χ0n) is 14.2. The molecule has 0 aromatic carbocycles. The molecule has 0 aromatic heterocycles. The molecule has 1 N–H and O–H groups in total. The van der Waals surface area contributed by atoms with E-state index in [0.29, 0.717) is 52.8 Å². The minimum atomic E-state index is -0.131. The summed E-state index contributed by atoms with van der Waals surface area (Å²) in [6, 6.07) is 0. The second kappa shape index (κ2) is 18.3. The Hall–Kier alpha value is 0. The van der Waals surface area contributed by atoms with Crippen molar-refractivity contribution in [1.29, 1.82) is 0 Å². The van der Waals surface area contributed by atoms with Gasteiger partial charge < -0.3 is 29.0 Å². The number of rotatable bonds is 17. The number of carbonyl (C=O) groups is 1. The fraction of sp³-hybridized carbons (Fsp3) is 0.933. The van der Waals surface area contributed by atoms with Crippen LogP contribution in [0, 0.1) is 0 Å². The SMILES string of the molecule is CCCOCCOCCOCCOCCNC(=O)COC(C)I. The van der Waals surface area contributed by atoms with Gasteiger partial charge in [-0.1, -0.05) is 29.5 Å². The van der Waals surface area contributed by atoms with Crippen LogP contribution in [0.2, 0.25) is 0 Å². The van der Waals surface area contributed by atoms with Gasteiger partial charge in [-0.3, -0.25) is 4.79 Å². The number of hydrogen-bond acceptors (Lipinski definition) is 6. The Kier molecular flexibility index (Phi) is 18.3. The van der Waals surface area contributed by atoms with Crippen LogP contribution in [0.3, 0.4) is 0 Å². The molecular formula is C15H30INO6. The first-order chi connectivity index (χ1) is 11.2. The average molecular weight is 447 g/mol. The van der Waals surface area contributed by atoms with E-state index in [2.05, 4.69) is 34.8 Å². The van der Waals surface area contributed by atoms with Gasteiger partial charge in [-0.2, -0.15) is 0 Å². The van der Waals surface area contributed by atoms with Crippen molar-refractivity contribution >= 4 is 28.5 Å². The van der Waals surface area contributed by atoms with Gasteiger partial charge in [-0.05, 0) is 13.3 Å². The highest BCUT2D eigenvalue weighted by Gasteiger charge is 2.02. The minimum Gasteiger partial charge on any atom is -0.379 e. The van der Waals surface area contributed by atoms with E-state index in [4.69, 9.17) is 23.7 Å². The summed E-state index contributed by atoms with van der Waals surface area (Å²) in [5, 5.41) is 2.71. The number of ether oxygens (including phenoxy) is 5. The molecule has 7 nitrogen and oxygen atoms in total. The topological polar surface area (TPSA) is 75.3 Å². The first-order valence-electron chi connectivity index (χ1n) is 8.00. The number of alkyl halides is 1. The van der Waals surface area contributed by atoms with Crippen LogP contribution >= 0.6 is 22.6 Å². The summed E-state index contributed by atoms with van der Waals surface area (Å²) in [6.07, 6.45) is 1.03. The Morgan fingerprint density at radius 3 is 1.87 bits per heavy atom. The molecule has 0 saturated carbocycles. The maximum atomic E-state index is 11.3. The minimum absolute atomic E-state index is 0.0274. The summed E-state index contributed by atoms with van der Waals surface area (Å²) in [7, 11) is 0. The molecule has 0 aromatic rings. The Labute approximate surface area is 152 Å². The van der Waals surface area contributed by atoms with Gasteiger partial charge in [0.2, 0.25) is 5.91 Å². The molecule has 0 saturated heterocycles. The zero-order valence-corrected chi connectivity index (χ0v) is 16.3. The van der Waals surface area contributed by atoms with E-state index in [1.165, 1.54) is 0 Å². The number of nitrogens with one attached hydrogen (secondary N) is 1. The summed E-state index contributed by atoms with van der Waals surface area (Å²) in [5.41, 5.74) is 0. The molecule has 138 valence electrons. The zero-order chi connectivity index (χ0) is 17.2. The normalized spacial score (nSPS) is 12.3. The van der Waals surface area contributed by atoms with Crippen LogP contribution in [0.1, 0.15) is 20.3 Å². The Morgan fingerprint density at radius 2 is 1.39 bits per heavy atom. The van der Waals surface area contributed by atoms with Gasteiger partial charge in [0.05, 0.1) is 46.2 Å². The van der Waals surface area contributed by atoms with Crippen LogP contribution in [0.5, 0.6) is 0 Å². The van der Waals surface area contributed by atoms with Gasteiger partial charge in [0.15, 0.2) is 0 Å². The third-order valence-electron chi connectivity index (χ3n) is 2.48. The van der Waals surface area contributed by atoms with E-state index in [1.54, 1.807) is 0 Å². The summed E-state index contributed by atoms with van der Waals surface area (Å²) >= 11 is 2.10. The lowest BCUT2D eigenvalue weighted by Crippen LogP contribution is -2.31. The second-order valence-corrected chi connectivity index (χ2v) is 6.41. The molecule has 0 spiro atoms. The molecule has 0 aliphatic carbocycles. The molecule has 1 atom stereocenters. The van der Waals surface area contributed by atoms with Crippen LogP contribution in [-0.4, -0.2) is 76.0 Å². The summed E-state index contributed by atoms with van der Waals surface area (Å²) in [5.74, 6) is -0.131. The standard InChI is InChI=1S/C15H30INO6/c1-3-5-19-7-9-21-11-12-22-10-8-20-6-4-17-15(18)13-23-14(2)16/h14H,3-13H2,1-2H3,(H,17,18).